The first kappa shape index (κ1) is 12.0. The van der Waals surface area contributed by atoms with Crippen LogP contribution in [0.2, 0.25) is 0 Å². The number of hydrogen-bond acceptors (Lipinski definition) is 3. The summed E-state index contributed by atoms with van der Waals surface area (Å²) in [6.07, 6.45) is 2.41. The molecule has 1 saturated heterocycles. The summed E-state index contributed by atoms with van der Waals surface area (Å²) in [7, 11) is 0. The molecule has 0 bridgehead atoms. The van der Waals surface area contributed by atoms with E-state index in [1.54, 1.807) is 0 Å². The maximum atomic E-state index is 11.5. The Bertz CT molecular complexity index is 252. The average Bonchev–Trinajstić information content (AvgIpc) is 2.66. The van der Waals surface area contributed by atoms with Crippen molar-refractivity contribution in [1.29, 1.82) is 5.26 Å². The van der Waals surface area contributed by atoms with Crippen LogP contribution in [0.15, 0.2) is 0 Å². The van der Waals surface area contributed by atoms with Crippen molar-refractivity contribution in [2.75, 3.05) is 6.61 Å². The first-order chi connectivity index (χ1) is 7.13. The molecule has 4 heteroatoms. The quantitative estimate of drug-likeness (QED) is 0.758. The third kappa shape index (κ3) is 3.88. The molecule has 4 nitrogen and oxygen atoms in total. The summed E-state index contributed by atoms with van der Waals surface area (Å²) in [5, 5.41) is 11.5. The molecule has 15 heavy (non-hydrogen) atoms. The molecule has 1 fully saturated rings. The van der Waals surface area contributed by atoms with Crippen LogP contribution in [-0.2, 0) is 9.53 Å². The van der Waals surface area contributed by atoms with E-state index in [9.17, 15) is 4.79 Å². The monoisotopic (exact) mass is 210 g/mol. The molecule has 0 aliphatic carbocycles. The van der Waals surface area contributed by atoms with Crippen molar-refractivity contribution in [3.05, 3.63) is 0 Å². The maximum Gasteiger partial charge on any atom is 0.223 e. The van der Waals surface area contributed by atoms with Gasteiger partial charge in [-0.15, -0.1) is 0 Å². The molecule has 0 aromatic rings. The average molecular weight is 210 g/mol. The fraction of sp³-hybridized carbons (Fsp3) is 0.818. The lowest BCUT2D eigenvalue weighted by atomic mass is 10.1. The lowest BCUT2D eigenvalue weighted by molar-refractivity contribution is -0.123. The van der Waals surface area contributed by atoms with E-state index in [0.29, 0.717) is 6.42 Å². The minimum atomic E-state index is -0.390. The van der Waals surface area contributed by atoms with Gasteiger partial charge in [0.2, 0.25) is 5.91 Å². The van der Waals surface area contributed by atoms with Gasteiger partial charge in [-0.25, -0.2) is 0 Å². The number of nitrogens with one attached hydrogen (secondary N) is 1. The molecule has 2 unspecified atom stereocenters. The van der Waals surface area contributed by atoms with Crippen molar-refractivity contribution in [1.82, 2.24) is 5.32 Å². The van der Waals surface area contributed by atoms with Gasteiger partial charge in [-0.2, -0.15) is 5.26 Å². The van der Waals surface area contributed by atoms with Crippen LogP contribution in [0.3, 0.4) is 0 Å². The predicted octanol–water partition coefficient (Wildman–Crippen LogP) is 1.22. The molecule has 0 spiro atoms. The van der Waals surface area contributed by atoms with E-state index in [-0.39, 0.29) is 24.0 Å². The number of nitrogens with zero attached hydrogens (tertiary/aromatic N) is 1. The van der Waals surface area contributed by atoms with Crippen LogP contribution in [0.1, 0.15) is 33.1 Å². The van der Waals surface area contributed by atoms with Crippen molar-refractivity contribution >= 4 is 5.91 Å². The molecule has 1 aliphatic heterocycles. The van der Waals surface area contributed by atoms with Crippen LogP contribution >= 0.6 is 0 Å². The van der Waals surface area contributed by atoms with Crippen molar-refractivity contribution in [2.45, 2.75) is 45.3 Å². The summed E-state index contributed by atoms with van der Waals surface area (Å²) in [5.41, 5.74) is 0. The molecule has 0 saturated carbocycles. The summed E-state index contributed by atoms with van der Waals surface area (Å²) in [4.78, 5) is 11.5. The maximum absolute atomic E-state index is 11.5. The number of carbonyl (C=O) groups is 1. The molecule has 1 aliphatic rings. The predicted molar refractivity (Wildman–Crippen MR) is 56.0 cm³/mol. The van der Waals surface area contributed by atoms with Gasteiger partial charge in [-0.3, -0.25) is 4.79 Å². The first-order valence-electron chi connectivity index (χ1n) is 5.44. The van der Waals surface area contributed by atoms with E-state index >= 15 is 0 Å². The van der Waals surface area contributed by atoms with Gasteiger partial charge in [0.05, 0.1) is 18.6 Å². The van der Waals surface area contributed by atoms with Gasteiger partial charge in [0.15, 0.2) is 0 Å². The minimum absolute atomic E-state index is 0.0523. The SMILES string of the molecule is CC(C)C(C#N)NC(=O)CC1CCCO1. The molecule has 0 aromatic heterocycles. The van der Waals surface area contributed by atoms with E-state index in [1.165, 1.54) is 0 Å². The van der Waals surface area contributed by atoms with Crippen LogP contribution < -0.4 is 5.32 Å². The molecular formula is C11H18N2O2. The number of carbonyl (C=O) groups excluding carboxylic acids is 1. The van der Waals surface area contributed by atoms with Crippen molar-refractivity contribution < 1.29 is 9.53 Å². The Morgan fingerprint density at radius 3 is 2.87 bits per heavy atom. The smallest absolute Gasteiger partial charge is 0.223 e. The lowest BCUT2D eigenvalue weighted by Gasteiger charge is -2.16. The van der Waals surface area contributed by atoms with Gasteiger partial charge in [0, 0.05) is 6.61 Å². The Hall–Kier alpha value is -1.08. The van der Waals surface area contributed by atoms with E-state index in [2.05, 4.69) is 11.4 Å². The molecule has 1 amide bonds. The standard InChI is InChI=1S/C11H18N2O2/c1-8(2)10(7-12)13-11(14)6-9-4-3-5-15-9/h8-10H,3-6H2,1-2H3,(H,13,14). The summed E-state index contributed by atoms with van der Waals surface area (Å²) in [5.74, 6) is 0.0607. The van der Waals surface area contributed by atoms with Gasteiger partial charge in [-0.1, -0.05) is 13.8 Å². The van der Waals surface area contributed by atoms with Gasteiger partial charge in [0.1, 0.15) is 6.04 Å². The van der Waals surface area contributed by atoms with Crippen molar-refractivity contribution in [3.8, 4) is 6.07 Å². The normalized spacial score (nSPS) is 22.4. The third-order valence-electron chi connectivity index (χ3n) is 2.56. The van der Waals surface area contributed by atoms with Crippen LogP contribution in [-0.4, -0.2) is 24.7 Å². The Kier molecular flexibility index (Phi) is 4.57. The zero-order valence-electron chi connectivity index (χ0n) is 9.32. The largest absolute Gasteiger partial charge is 0.378 e. The highest BCUT2D eigenvalue weighted by Gasteiger charge is 2.21. The van der Waals surface area contributed by atoms with Crippen molar-refractivity contribution in [3.63, 3.8) is 0 Å². The van der Waals surface area contributed by atoms with Crippen LogP contribution in [0, 0.1) is 17.2 Å². The second-order valence-corrected chi connectivity index (χ2v) is 4.26. The molecule has 2 atom stereocenters. The summed E-state index contributed by atoms with van der Waals surface area (Å²) < 4.78 is 5.36. The Balaban J connectivity index is 2.31. The number of amides is 1. The van der Waals surface area contributed by atoms with Gasteiger partial charge < -0.3 is 10.1 Å². The van der Waals surface area contributed by atoms with Crippen LogP contribution in [0.5, 0.6) is 0 Å². The minimum Gasteiger partial charge on any atom is -0.378 e. The fourth-order valence-electron chi connectivity index (χ4n) is 1.59. The molecule has 0 radical (unpaired) electrons. The zero-order valence-corrected chi connectivity index (χ0v) is 9.32. The fourth-order valence-corrected chi connectivity index (χ4v) is 1.59. The summed E-state index contributed by atoms with van der Waals surface area (Å²) in [6.45, 7) is 4.59. The van der Waals surface area contributed by atoms with Gasteiger partial charge >= 0.3 is 0 Å². The number of hydrogen-bond donors (Lipinski definition) is 1. The van der Waals surface area contributed by atoms with Crippen molar-refractivity contribution in [2.24, 2.45) is 5.92 Å². The first-order valence-corrected chi connectivity index (χ1v) is 5.44. The summed E-state index contributed by atoms with van der Waals surface area (Å²) >= 11 is 0. The molecule has 84 valence electrons. The highest BCUT2D eigenvalue weighted by Crippen LogP contribution is 2.15. The summed E-state index contributed by atoms with van der Waals surface area (Å²) in [6, 6.07) is 1.69. The van der Waals surface area contributed by atoms with Gasteiger partial charge in [-0.05, 0) is 18.8 Å². The van der Waals surface area contributed by atoms with Crippen LogP contribution in [0.25, 0.3) is 0 Å². The zero-order chi connectivity index (χ0) is 11.3. The Labute approximate surface area is 90.6 Å². The molecule has 1 N–H and O–H groups in total. The van der Waals surface area contributed by atoms with E-state index in [4.69, 9.17) is 10.00 Å². The highest BCUT2D eigenvalue weighted by atomic mass is 16.5. The lowest BCUT2D eigenvalue weighted by Crippen LogP contribution is -2.38. The van der Waals surface area contributed by atoms with E-state index in [1.807, 2.05) is 13.8 Å². The molecule has 0 aromatic carbocycles. The third-order valence-corrected chi connectivity index (χ3v) is 2.56. The molecule has 1 rings (SSSR count). The van der Waals surface area contributed by atoms with Crippen LogP contribution in [0.4, 0.5) is 0 Å². The van der Waals surface area contributed by atoms with E-state index in [0.717, 1.165) is 19.4 Å². The molecular weight excluding hydrogens is 192 g/mol. The second-order valence-electron chi connectivity index (χ2n) is 4.26. The highest BCUT2D eigenvalue weighted by molar-refractivity contribution is 5.77. The molecule has 1 heterocycles. The number of nitriles is 1. The Morgan fingerprint density at radius 2 is 2.40 bits per heavy atom. The number of ether oxygens (including phenoxy) is 1. The van der Waals surface area contributed by atoms with E-state index < -0.39 is 0 Å². The Morgan fingerprint density at radius 1 is 1.67 bits per heavy atom. The number of rotatable bonds is 4. The topological polar surface area (TPSA) is 62.1 Å². The van der Waals surface area contributed by atoms with Gasteiger partial charge in [0.25, 0.3) is 0 Å². The second kappa shape index (κ2) is 5.72.